The number of anilines is 1. The Morgan fingerprint density at radius 1 is 1.17 bits per heavy atom. The lowest BCUT2D eigenvalue weighted by Crippen LogP contribution is -2.42. The van der Waals surface area contributed by atoms with Crippen LogP contribution >= 0.6 is 0 Å². The summed E-state index contributed by atoms with van der Waals surface area (Å²) in [6.45, 7) is 4.19. The van der Waals surface area contributed by atoms with E-state index in [9.17, 15) is 5.11 Å². The third-order valence-corrected chi connectivity index (χ3v) is 5.95. The Hall–Kier alpha value is -1.10. The Morgan fingerprint density at radius 2 is 1.92 bits per heavy atom. The van der Waals surface area contributed by atoms with Gasteiger partial charge in [-0.25, -0.2) is 0 Å². The van der Waals surface area contributed by atoms with E-state index in [1.165, 1.54) is 43.6 Å². The molecule has 0 radical (unpaired) electrons. The van der Waals surface area contributed by atoms with Gasteiger partial charge < -0.3 is 20.2 Å². The van der Waals surface area contributed by atoms with Gasteiger partial charge in [0.15, 0.2) is 0 Å². The summed E-state index contributed by atoms with van der Waals surface area (Å²) in [6.07, 6.45) is 5.68. The summed E-state index contributed by atoms with van der Waals surface area (Å²) >= 11 is 0. The van der Waals surface area contributed by atoms with Crippen LogP contribution in [0.3, 0.4) is 0 Å². The molecule has 134 valence electrons. The third-order valence-electron chi connectivity index (χ3n) is 5.95. The van der Waals surface area contributed by atoms with E-state index in [0.29, 0.717) is 12.0 Å². The number of nitrogens with zero attached hydrogens (tertiary/aromatic N) is 2. The second-order valence-electron chi connectivity index (χ2n) is 7.66. The van der Waals surface area contributed by atoms with Gasteiger partial charge in [0.2, 0.25) is 0 Å². The molecule has 4 nitrogen and oxygen atoms in total. The molecule has 2 fully saturated rings. The normalized spacial score (nSPS) is 26.0. The Morgan fingerprint density at radius 3 is 2.62 bits per heavy atom. The molecule has 1 heterocycles. The van der Waals surface area contributed by atoms with Gasteiger partial charge in [0.1, 0.15) is 0 Å². The number of likely N-dealkylation sites (tertiary alicyclic amines) is 1. The second kappa shape index (κ2) is 8.32. The highest BCUT2D eigenvalue weighted by atomic mass is 16.3. The number of para-hydroxylation sites is 1. The van der Waals surface area contributed by atoms with Crippen LogP contribution in [0.4, 0.5) is 5.69 Å². The summed E-state index contributed by atoms with van der Waals surface area (Å²) in [7, 11) is 4.46. The van der Waals surface area contributed by atoms with E-state index >= 15 is 0 Å². The van der Waals surface area contributed by atoms with Gasteiger partial charge in [-0.3, -0.25) is 0 Å². The molecule has 2 atom stereocenters. The van der Waals surface area contributed by atoms with Gasteiger partial charge in [-0.05, 0) is 63.4 Å². The highest BCUT2D eigenvalue weighted by molar-refractivity contribution is 5.54. The fourth-order valence-electron chi connectivity index (χ4n) is 4.23. The minimum atomic E-state index is -0.102. The molecule has 1 aliphatic carbocycles. The average Bonchev–Trinajstić information content (AvgIpc) is 3.00. The maximum Gasteiger partial charge on any atom is 0.0580 e. The van der Waals surface area contributed by atoms with Gasteiger partial charge in [0.05, 0.1) is 6.10 Å². The minimum absolute atomic E-state index is 0.102. The van der Waals surface area contributed by atoms with Crippen LogP contribution in [0, 0.1) is 5.92 Å². The number of piperidine rings is 1. The fourth-order valence-corrected chi connectivity index (χ4v) is 4.23. The highest BCUT2D eigenvalue weighted by Crippen LogP contribution is 2.27. The van der Waals surface area contributed by atoms with Crippen molar-refractivity contribution in [3.8, 4) is 0 Å². The van der Waals surface area contributed by atoms with E-state index in [1.807, 2.05) is 0 Å². The minimum Gasteiger partial charge on any atom is -0.393 e. The molecule has 1 aromatic rings. The lowest BCUT2D eigenvalue weighted by atomic mass is 10.0. The lowest BCUT2D eigenvalue weighted by molar-refractivity contribution is 0.131. The summed E-state index contributed by atoms with van der Waals surface area (Å²) in [4.78, 5) is 4.90. The molecule has 2 unspecified atom stereocenters. The molecule has 0 amide bonds. The summed E-state index contributed by atoms with van der Waals surface area (Å²) < 4.78 is 0. The van der Waals surface area contributed by atoms with Crippen molar-refractivity contribution >= 4 is 5.69 Å². The molecule has 24 heavy (non-hydrogen) atoms. The number of aliphatic hydroxyl groups excluding tert-OH is 1. The Labute approximate surface area is 146 Å². The van der Waals surface area contributed by atoms with Gasteiger partial charge in [-0.15, -0.1) is 0 Å². The number of hydrogen-bond acceptors (Lipinski definition) is 4. The van der Waals surface area contributed by atoms with E-state index in [-0.39, 0.29) is 6.10 Å². The van der Waals surface area contributed by atoms with E-state index in [4.69, 9.17) is 0 Å². The summed E-state index contributed by atoms with van der Waals surface area (Å²) in [5.41, 5.74) is 2.72. The molecule has 4 heteroatoms. The molecule has 1 aliphatic heterocycles. The summed E-state index contributed by atoms with van der Waals surface area (Å²) in [5.74, 6) is 0.434. The van der Waals surface area contributed by atoms with Crippen molar-refractivity contribution in [2.24, 2.45) is 5.92 Å². The van der Waals surface area contributed by atoms with Gasteiger partial charge >= 0.3 is 0 Å². The first-order chi connectivity index (χ1) is 11.6. The first-order valence-corrected chi connectivity index (χ1v) is 9.53. The van der Waals surface area contributed by atoms with Crippen molar-refractivity contribution in [2.45, 2.75) is 50.8 Å². The SMILES string of the molecule is CN1CCC(N(C)c2ccccc2CNCC2CCCC2O)CC1. The highest BCUT2D eigenvalue weighted by Gasteiger charge is 2.25. The van der Waals surface area contributed by atoms with Crippen molar-refractivity contribution in [1.29, 1.82) is 0 Å². The van der Waals surface area contributed by atoms with Gasteiger partial charge in [0.25, 0.3) is 0 Å². The largest absolute Gasteiger partial charge is 0.393 e. The quantitative estimate of drug-likeness (QED) is 0.840. The summed E-state index contributed by atoms with van der Waals surface area (Å²) in [5, 5.41) is 13.6. The zero-order valence-corrected chi connectivity index (χ0v) is 15.2. The van der Waals surface area contributed by atoms with Crippen molar-refractivity contribution in [3.63, 3.8) is 0 Å². The molecule has 2 N–H and O–H groups in total. The van der Waals surface area contributed by atoms with E-state index in [2.05, 4.69) is 53.5 Å². The molecular weight excluding hydrogens is 298 g/mol. The monoisotopic (exact) mass is 331 g/mol. The van der Waals surface area contributed by atoms with Crippen LogP contribution in [0.1, 0.15) is 37.7 Å². The standard InChI is InChI=1S/C20H33N3O/c1-22-12-10-18(11-13-22)23(2)19-8-4-3-6-16(19)14-21-15-17-7-5-9-20(17)24/h3-4,6,8,17-18,20-21,24H,5,7,9-15H2,1-2H3. The number of hydrogen-bond donors (Lipinski definition) is 2. The van der Waals surface area contributed by atoms with Crippen LogP contribution < -0.4 is 10.2 Å². The number of benzene rings is 1. The van der Waals surface area contributed by atoms with Crippen LogP contribution in [0.2, 0.25) is 0 Å². The van der Waals surface area contributed by atoms with Crippen molar-refractivity contribution in [2.75, 3.05) is 38.6 Å². The maximum absolute atomic E-state index is 9.97. The Kier molecular flexibility index (Phi) is 6.14. The molecule has 0 bridgehead atoms. The first kappa shape index (κ1) is 17.7. The van der Waals surface area contributed by atoms with Crippen LogP contribution in [-0.2, 0) is 6.54 Å². The maximum atomic E-state index is 9.97. The molecule has 2 aliphatic rings. The number of rotatable bonds is 6. The van der Waals surface area contributed by atoms with Gasteiger partial charge in [-0.1, -0.05) is 24.6 Å². The van der Waals surface area contributed by atoms with E-state index < -0.39 is 0 Å². The van der Waals surface area contributed by atoms with Crippen LogP contribution in [0.5, 0.6) is 0 Å². The fraction of sp³-hybridized carbons (Fsp3) is 0.700. The number of nitrogens with one attached hydrogen (secondary N) is 1. The van der Waals surface area contributed by atoms with Crippen LogP contribution in [0.15, 0.2) is 24.3 Å². The van der Waals surface area contributed by atoms with Crippen LogP contribution in [-0.4, -0.2) is 55.9 Å². The van der Waals surface area contributed by atoms with Crippen molar-refractivity contribution < 1.29 is 5.11 Å². The van der Waals surface area contributed by atoms with Gasteiger partial charge in [0, 0.05) is 31.9 Å². The number of aliphatic hydroxyl groups is 1. The van der Waals surface area contributed by atoms with Crippen LogP contribution in [0.25, 0.3) is 0 Å². The molecule has 0 aromatic heterocycles. The molecule has 1 saturated carbocycles. The van der Waals surface area contributed by atoms with Crippen molar-refractivity contribution in [3.05, 3.63) is 29.8 Å². The smallest absolute Gasteiger partial charge is 0.0580 e. The molecule has 1 aromatic carbocycles. The molecule has 0 spiro atoms. The molecule has 1 saturated heterocycles. The van der Waals surface area contributed by atoms with E-state index in [0.717, 1.165) is 25.9 Å². The topological polar surface area (TPSA) is 38.7 Å². The Bertz CT molecular complexity index is 513. The zero-order chi connectivity index (χ0) is 16.9. The molecular formula is C20H33N3O. The second-order valence-corrected chi connectivity index (χ2v) is 7.66. The predicted molar refractivity (Wildman–Crippen MR) is 100 cm³/mol. The zero-order valence-electron chi connectivity index (χ0n) is 15.2. The lowest BCUT2D eigenvalue weighted by Gasteiger charge is -2.37. The third kappa shape index (κ3) is 4.29. The van der Waals surface area contributed by atoms with E-state index in [1.54, 1.807) is 0 Å². The molecule has 3 rings (SSSR count). The Balaban J connectivity index is 1.58. The first-order valence-electron chi connectivity index (χ1n) is 9.53. The average molecular weight is 332 g/mol. The summed E-state index contributed by atoms with van der Waals surface area (Å²) in [6, 6.07) is 9.40. The van der Waals surface area contributed by atoms with Crippen molar-refractivity contribution in [1.82, 2.24) is 10.2 Å². The predicted octanol–water partition coefficient (Wildman–Crippen LogP) is 2.47. The van der Waals surface area contributed by atoms with Gasteiger partial charge in [-0.2, -0.15) is 0 Å².